The third-order valence-corrected chi connectivity index (χ3v) is 3.02. The summed E-state index contributed by atoms with van der Waals surface area (Å²) in [6.45, 7) is 9.93. The Bertz CT molecular complexity index is 502. The van der Waals surface area contributed by atoms with E-state index in [0.29, 0.717) is 6.42 Å². The average Bonchev–Trinajstić information content (AvgIpc) is 2.30. The van der Waals surface area contributed by atoms with Crippen molar-refractivity contribution >= 4 is 17.5 Å². The van der Waals surface area contributed by atoms with E-state index < -0.39 is 0 Å². The van der Waals surface area contributed by atoms with Gasteiger partial charge in [-0.3, -0.25) is 9.59 Å². The van der Waals surface area contributed by atoms with Crippen LogP contribution in [0.4, 0.5) is 5.69 Å². The molecular weight excluding hydrogens is 252 g/mol. The number of amides is 2. The quantitative estimate of drug-likeness (QED) is 0.888. The van der Waals surface area contributed by atoms with Crippen molar-refractivity contribution in [3.05, 3.63) is 29.3 Å². The Morgan fingerprint density at radius 2 is 1.75 bits per heavy atom. The zero-order valence-electron chi connectivity index (χ0n) is 13.0. The minimum Gasteiger partial charge on any atom is -0.347 e. The standard InChI is InChI=1S/C16H24N2O2/c1-11-7-6-8-13(12(11)2)18-15(20)10-17-14(19)9-16(3,4)5/h6-8H,9-10H2,1-5H3,(H,17,19)(H,18,20). The van der Waals surface area contributed by atoms with Crippen LogP contribution in [0.5, 0.6) is 0 Å². The van der Waals surface area contributed by atoms with Crippen LogP contribution in [-0.2, 0) is 9.59 Å². The molecule has 0 aliphatic carbocycles. The van der Waals surface area contributed by atoms with E-state index in [1.54, 1.807) is 0 Å². The van der Waals surface area contributed by atoms with E-state index >= 15 is 0 Å². The lowest BCUT2D eigenvalue weighted by Gasteiger charge is -2.17. The molecule has 0 saturated heterocycles. The summed E-state index contributed by atoms with van der Waals surface area (Å²) in [5, 5.41) is 5.46. The minimum absolute atomic E-state index is 0.00228. The van der Waals surface area contributed by atoms with Gasteiger partial charge in [0.2, 0.25) is 11.8 Å². The number of nitrogens with one attached hydrogen (secondary N) is 2. The van der Waals surface area contributed by atoms with E-state index in [-0.39, 0.29) is 23.8 Å². The second-order valence-corrected chi connectivity index (χ2v) is 6.31. The molecule has 0 saturated carbocycles. The van der Waals surface area contributed by atoms with Gasteiger partial charge < -0.3 is 10.6 Å². The highest BCUT2D eigenvalue weighted by molar-refractivity contribution is 5.95. The van der Waals surface area contributed by atoms with Crippen LogP contribution >= 0.6 is 0 Å². The molecule has 0 spiro atoms. The highest BCUT2D eigenvalue weighted by Gasteiger charge is 2.16. The average molecular weight is 276 g/mol. The molecule has 4 heteroatoms. The predicted octanol–water partition coefficient (Wildman–Crippen LogP) is 2.79. The molecule has 110 valence electrons. The van der Waals surface area contributed by atoms with Crippen molar-refractivity contribution in [2.24, 2.45) is 5.41 Å². The molecule has 0 bridgehead atoms. The molecule has 1 aromatic carbocycles. The van der Waals surface area contributed by atoms with Gasteiger partial charge in [0.05, 0.1) is 6.54 Å². The van der Waals surface area contributed by atoms with Gasteiger partial charge in [-0.2, -0.15) is 0 Å². The normalized spacial score (nSPS) is 11.1. The maximum atomic E-state index is 11.8. The number of hydrogen-bond donors (Lipinski definition) is 2. The number of hydrogen-bond acceptors (Lipinski definition) is 2. The number of anilines is 1. The molecule has 2 N–H and O–H groups in total. The van der Waals surface area contributed by atoms with Gasteiger partial charge in [-0.1, -0.05) is 32.9 Å². The Morgan fingerprint density at radius 3 is 2.35 bits per heavy atom. The molecule has 1 rings (SSSR count). The first-order chi connectivity index (χ1) is 9.19. The van der Waals surface area contributed by atoms with Crippen molar-refractivity contribution < 1.29 is 9.59 Å². The van der Waals surface area contributed by atoms with Gasteiger partial charge in [-0.05, 0) is 36.5 Å². The molecule has 0 atom stereocenters. The Labute approximate surface area is 121 Å². The van der Waals surface area contributed by atoms with Crippen LogP contribution in [0.2, 0.25) is 0 Å². The summed E-state index contributed by atoms with van der Waals surface area (Å²) in [5.74, 6) is -0.311. The van der Waals surface area contributed by atoms with Crippen LogP contribution in [0.25, 0.3) is 0 Å². The molecule has 0 fully saturated rings. The summed E-state index contributed by atoms with van der Waals surface area (Å²) >= 11 is 0. The predicted molar refractivity (Wildman–Crippen MR) is 81.6 cm³/mol. The first-order valence-corrected chi connectivity index (χ1v) is 6.82. The lowest BCUT2D eigenvalue weighted by molar-refractivity contribution is -0.125. The van der Waals surface area contributed by atoms with Crippen molar-refractivity contribution in [2.75, 3.05) is 11.9 Å². The Morgan fingerprint density at radius 1 is 1.10 bits per heavy atom. The number of benzene rings is 1. The van der Waals surface area contributed by atoms with Gasteiger partial charge in [0.1, 0.15) is 0 Å². The number of carbonyl (C=O) groups excluding carboxylic acids is 2. The summed E-state index contributed by atoms with van der Waals surface area (Å²) in [6, 6.07) is 5.75. The second kappa shape index (κ2) is 6.55. The fourth-order valence-electron chi connectivity index (χ4n) is 1.80. The van der Waals surface area contributed by atoms with Gasteiger partial charge in [-0.25, -0.2) is 0 Å². The van der Waals surface area contributed by atoms with E-state index in [1.807, 2.05) is 52.8 Å². The zero-order valence-corrected chi connectivity index (χ0v) is 13.0. The number of aryl methyl sites for hydroxylation is 1. The van der Waals surface area contributed by atoms with Crippen molar-refractivity contribution in [1.29, 1.82) is 0 Å². The van der Waals surface area contributed by atoms with Gasteiger partial charge in [0.25, 0.3) is 0 Å². The monoisotopic (exact) mass is 276 g/mol. The molecule has 0 heterocycles. The topological polar surface area (TPSA) is 58.2 Å². The van der Waals surface area contributed by atoms with Crippen molar-refractivity contribution in [3.8, 4) is 0 Å². The Balaban J connectivity index is 2.49. The van der Waals surface area contributed by atoms with Gasteiger partial charge in [0.15, 0.2) is 0 Å². The van der Waals surface area contributed by atoms with Gasteiger partial charge in [0, 0.05) is 12.1 Å². The molecule has 0 radical (unpaired) electrons. The van der Waals surface area contributed by atoms with Crippen molar-refractivity contribution in [2.45, 2.75) is 41.0 Å². The zero-order chi connectivity index (χ0) is 15.3. The fraction of sp³-hybridized carbons (Fsp3) is 0.500. The molecule has 2 amide bonds. The van der Waals surface area contributed by atoms with E-state index in [9.17, 15) is 9.59 Å². The van der Waals surface area contributed by atoms with Crippen molar-refractivity contribution in [3.63, 3.8) is 0 Å². The van der Waals surface area contributed by atoms with E-state index in [4.69, 9.17) is 0 Å². The lowest BCUT2D eigenvalue weighted by atomic mass is 9.92. The van der Waals surface area contributed by atoms with Crippen LogP contribution < -0.4 is 10.6 Å². The third-order valence-electron chi connectivity index (χ3n) is 3.02. The van der Waals surface area contributed by atoms with E-state index in [1.165, 1.54) is 0 Å². The largest absolute Gasteiger partial charge is 0.347 e. The van der Waals surface area contributed by atoms with Crippen LogP contribution in [0.1, 0.15) is 38.3 Å². The Hall–Kier alpha value is -1.84. The second-order valence-electron chi connectivity index (χ2n) is 6.31. The molecule has 20 heavy (non-hydrogen) atoms. The minimum atomic E-state index is -0.207. The molecular formula is C16H24N2O2. The number of carbonyl (C=O) groups is 2. The molecule has 0 aromatic heterocycles. The molecule has 0 unspecified atom stereocenters. The van der Waals surface area contributed by atoms with Crippen LogP contribution in [0.3, 0.4) is 0 Å². The summed E-state index contributed by atoms with van der Waals surface area (Å²) in [6.07, 6.45) is 0.407. The first kappa shape index (κ1) is 16.2. The third kappa shape index (κ3) is 5.43. The van der Waals surface area contributed by atoms with Crippen LogP contribution in [0.15, 0.2) is 18.2 Å². The smallest absolute Gasteiger partial charge is 0.243 e. The van der Waals surface area contributed by atoms with E-state index in [2.05, 4.69) is 10.6 Å². The maximum Gasteiger partial charge on any atom is 0.243 e. The molecule has 0 aliphatic heterocycles. The molecule has 4 nitrogen and oxygen atoms in total. The maximum absolute atomic E-state index is 11.8. The fourth-order valence-corrected chi connectivity index (χ4v) is 1.80. The van der Waals surface area contributed by atoms with Crippen LogP contribution in [0, 0.1) is 19.3 Å². The summed E-state index contributed by atoms with van der Waals surface area (Å²) in [7, 11) is 0. The molecule has 0 aliphatic rings. The van der Waals surface area contributed by atoms with Crippen molar-refractivity contribution in [1.82, 2.24) is 5.32 Å². The lowest BCUT2D eigenvalue weighted by Crippen LogP contribution is -2.34. The first-order valence-electron chi connectivity index (χ1n) is 6.82. The van der Waals surface area contributed by atoms with Crippen LogP contribution in [-0.4, -0.2) is 18.4 Å². The SMILES string of the molecule is Cc1cccc(NC(=O)CNC(=O)CC(C)(C)C)c1C. The summed E-state index contributed by atoms with van der Waals surface area (Å²) < 4.78 is 0. The van der Waals surface area contributed by atoms with Gasteiger partial charge in [-0.15, -0.1) is 0 Å². The Kier molecular flexibility index (Phi) is 5.31. The highest BCUT2D eigenvalue weighted by atomic mass is 16.2. The summed E-state index contributed by atoms with van der Waals surface area (Å²) in [4.78, 5) is 23.5. The summed E-state index contributed by atoms with van der Waals surface area (Å²) in [5.41, 5.74) is 2.88. The van der Waals surface area contributed by atoms with Gasteiger partial charge >= 0.3 is 0 Å². The number of rotatable bonds is 4. The molecule has 1 aromatic rings. The van der Waals surface area contributed by atoms with E-state index in [0.717, 1.165) is 16.8 Å². The highest BCUT2D eigenvalue weighted by Crippen LogP contribution is 2.18.